The number of nitrogens with one attached hydrogen (secondary N) is 3. The summed E-state index contributed by atoms with van der Waals surface area (Å²) in [6.45, 7) is 4.54. The number of ether oxygens (including phenoxy) is 1. The van der Waals surface area contributed by atoms with Crippen LogP contribution in [0.5, 0.6) is 5.88 Å². The van der Waals surface area contributed by atoms with Crippen LogP contribution in [0.1, 0.15) is 50.7 Å². The smallest absolute Gasteiger partial charge is 0.315 e. The van der Waals surface area contributed by atoms with Crippen LogP contribution in [0.3, 0.4) is 0 Å². The van der Waals surface area contributed by atoms with Gasteiger partial charge in [-0.15, -0.1) is 0 Å². The number of hydrogen-bond donors (Lipinski definition) is 3. The molecule has 7 nitrogen and oxygen atoms in total. The van der Waals surface area contributed by atoms with Crippen LogP contribution in [0.15, 0.2) is 48.7 Å². The van der Waals surface area contributed by atoms with E-state index in [2.05, 4.69) is 20.9 Å². The van der Waals surface area contributed by atoms with Crippen molar-refractivity contribution in [1.29, 1.82) is 0 Å². The fourth-order valence-corrected chi connectivity index (χ4v) is 3.57. The molecule has 1 fully saturated rings. The second kappa shape index (κ2) is 11.3. The third-order valence-electron chi connectivity index (χ3n) is 5.39. The molecule has 0 spiro atoms. The number of nitrogens with zero attached hydrogens (tertiary/aromatic N) is 1. The van der Waals surface area contributed by atoms with E-state index in [1.54, 1.807) is 6.20 Å². The van der Waals surface area contributed by atoms with Gasteiger partial charge in [-0.3, -0.25) is 4.79 Å². The third kappa shape index (κ3) is 7.27. The number of aromatic nitrogens is 1. The Morgan fingerprint density at radius 2 is 1.71 bits per heavy atom. The first kappa shape index (κ1) is 22.6. The summed E-state index contributed by atoms with van der Waals surface area (Å²) in [6.07, 6.45) is 6.58. The summed E-state index contributed by atoms with van der Waals surface area (Å²) < 4.78 is 5.87. The number of carbonyl (C=O) groups is 2. The maximum atomic E-state index is 12.7. The quantitative estimate of drug-likeness (QED) is 0.574. The largest absolute Gasteiger partial charge is 0.474 e. The molecule has 1 aromatic heterocycles. The summed E-state index contributed by atoms with van der Waals surface area (Å²) in [5, 5.41) is 8.46. The van der Waals surface area contributed by atoms with Gasteiger partial charge in [0, 0.05) is 25.4 Å². The van der Waals surface area contributed by atoms with Crippen LogP contribution in [-0.4, -0.2) is 29.1 Å². The summed E-state index contributed by atoms with van der Waals surface area (Å²) in [4.78, 5) is 29.3. The average molecular weight is 425 g/mol. The van der Waals surface area contributed by atoms with Gasteiger partial charge in [0.25, 0.3) is 0 Å². The number of benzene rings is 1. The van der Waals surface area contributed by atoms with E-state index >= 15 is 0 Å². The molecule has 1 saturated carbocycles. The number of pyridine rings is 1. The Morgan fingerprint density at radius 1 is 1.00 bits per heavy atom. The predicted molar refractivity (Wildman–Crippen MR) is 119 cm³/mol. The molecule has 1 heterocycles. The van der Waals surface area contributed by atoms with Crippen molar-refractivity contribution in [1.82, 2.24) is 20.9 Å². The van der Waals surface area contributed by atoms with Gasteiger partial charge < -0.3 is 20.7 Å². The maximum absolute atomic E-state index is 12.7. The van der Waals surface area contributed by atoms with Crippen LogP contribution in [0.25, 0.3) is 0 Å². The summed E-state index contributed by atoms with van der Waals surface area (Å²) in [7, 11) is 0. The Morgan fingerprint density at radius 3 is 2.35 bits per heavy atom. The minimum absolute atomic E-state index is 0.0530. The van der Waals surface area contributed by atoms with Crippen molar-refractivity contribution in [2.75, 3.05) is 0 Å². The topological polar surface area (TPSA) is 92.4 Å². The molecule has 3 rings (SSSR count). The molecule has 1 aliphatic carbocycles. The van der Waals surface area contributed by atoms with Crippen LogP contribution < -0.4 is 20.7 Å². The molecular formula is C24H32N4O3. The molecule has 1 atom stereocenters. The van der Waals surface area contributed by atoms with Crippen molar-refractivity contribution < 1.29 is 14.3 Å². The lowest BCUT2D eigenvalue weighted by Gasteiger charge is -2.22. The first-order valence-corrected chi connectivity index (χ1v) is 11.0. The van der Waals surface area contributed by atoms with E-state index in [9.17, 15) is 9.59 Å². The van der Waals surface area contributed by atoms with E-state index in [4.69, 9.17) is 4.74 Å². The summed E-state index contributed by atoms with van der Waals surface area (Å²) in [5.41, 5.74) is 1.87. The molecule has 0 radical (unpaired) electrons. The summed E-state index contributed by atoms with van der Waals surface area (Å²) in [5.74, 6) is 0.345. The van der Waals surface area contributed by atoms with Crippen LogP contribution in [-0.2, 0) is 17.9 Å². The molecule has 0 bridgehead atoms. The van der Waals surface area contributed by atoms with Crippen LogP contribution >= 0.6 is 0 Å². The highest BCUT2D eigenvalue weighted by atomic mass is 16.5. The van der Waals surface area contributed by atoms with Crippen LogP contribution in [0.4, 0.5) is 4.79 Å². The van der Waals surface area contributed by atoms with E-state index in [-0.39, 0.29) is 24.0 Å². The van der Waals surface area contributed by atoms with Crippen LogP contribution in [0.2, 0.25) is 0 Å². The molecule has 0 aliphatic heterocycles. The predicted octanol–water partition coefficient (Wildman–Crippen LogP) is 3.54. The van der Waals surface area contributed by atoms with Gasteiger partial charge in [-0.05, 0) is 42.7 Å². The zero-order chi connectivity index (χ0) is 22.1. The van der Waals surface area contributed by atoms with Crippen molar-refractivity contribution in [3.63, 3.8) is 0 Å². The average Bonchev–Trinajstić information content (AvgIpc) is 3.29. The molecule has 3 N–H and O–H groups in total. The van der Waals surface area contributed by atoms with Crippen molar-refractivity contribution in [3.8, 4) is 5.88 Å². The van der Waals surface area contributed by atoms with Gasteiger partial charge in [0.2, 0.25) is 11.8 Å². The minimum atomic E-state index is -0.631. The van der Waals surface area contributed by atoms with Gasteiger partial charge in [-0.25, -0.2) is 9.78 Å². The Labute approximate surface area is 184 Å². The Kier molecular flexibility index (Phi) is 8.27. The highest BCUT2D eigenvalue weighted by Crippen LogP contribution is 2.22. The second-order valence-electron chi connectivity index (χ2n) is 8.28. The van der Waals surface area contributed by atoms with Crippen molar-refractivity contribution >= 4 is 11.9 Å². The Bertz CT molecular complexity index is 834. The first-order valence-electron chi connectivity index (χ1n) is 11.0. The van der Waals surface area contributed by atoms with Gasteiger partial charge in [-0.1, -0.05) is 50.2 Å². The van der Waals surface area contributed by atoms with Crippen molar-refractivity contribution in [2.45, 2.75) is 64.8 Å². The zero-order valence-corrected chi connectivity index (χ0v) is 18.3. The fraction of sp³-hybridized carbons (Fsp3) is 0.458. The van der Waals surface area contributed by atoms with Gasteiger partial charge >= 0.3 is 6.03 Å². The van der Waals surface area contributed by atoms with Gasteiger partial charge in [0.15, 0.2) is 0 Å². The summed E-state index contributed by atoms with van der Waals surface area (Å²) in [6, 6.07) is 12.4. The van der Waals surface area contributed by atoms with Crippen molar-refractivity contribution in [2.24, 2.45) is 5.92 Å². The molecule has 31 heavy (non-hydrogen) atoms. The Hall–Kier alpha value is -3.09. The molecule has 3 amide bonds. The summed E-state index contributed by atoms with van der Waals surface area (Å²) >= 11 is 0. The number of carbonyl (C=O) groups excluding carboxylic acids is 2. The molecule has 1 aliphatic rings. The first-order chi connectivity index (χ1) is 15.0. The molecule has 166 valence electrons. The standard InChI is InChI=1S/C24H32N4O3/c1-17(2)22(28-24(30)27-14-18-8-4-3-5-9-18)23(29)26-16-19-12-13-21(25-15-19)31-20-10-6-7-11-20/h3-5,8-9,12-13,15,17,20,22H,6-7,10-11,14,16H2,1-2H3,(H,26,29)(H2,27,28,30). The van der Waals surface area contributed by atoms with E-state index in [0.29, 0.717) is 19.0 Å². The molecular weight excluding hydrogens is 392 g/mol. The normalized spacial score (nSPS) is 14.8. The van der Waals surface area contributed by atoms with Gasteiger partial charge in [-0.2, -0.15) is 0 Å². The minimum Gasteiger partial charge on any atom is -0.474 e. The van der Waals surface area contributed by atoms with E-state index in [1.165, 1.54) is 12.8 Å². The van der Waals surface area contributed by atoms with Crippen LogP contribution in [0, 0.1) is 5.92 Å². The highest BCUT2D eigenvalue weighted by Gasteiger charge is 2.24. The van der Waals surface area contributed by atoms with Gasteiger partial charge in [0.05, 0.1) is 0 Å². The lowest BCUT2D eigenvalue weighted by atomic mass is 10.0. The monoisotopic (exact) mass is 424 g/mol. The number of hydrogen-bond acceptors (Lipinski definition) is 4. The molecule has 2 aromatic rings. The number of urea groups is 1. The van der Waals surface area contributed by atoms with Crippen molar-refractivity contribution in [3.05, 3.63) is 59.8 Å². The number of amides is 3. The lowest BCUT2D eigenvalue weighted by Crippen LogP contribution is -2.52. The van der Waals surface area contributed by atoms with E-state index in [0.717, 1.165) is 24.0 Å². The van der Waals surface area contributed by atoms with E-state index in [1.807, 2.05) is 56.3 Å². The molecule has 1 unspecified atom stereocenters. The lowest BCUT2D eigenvalue weighted by molar-refractivity contribution is -0.124. The van der Waals surface area contributed by atoms with E-state index < -0.39 is 6.04 Å². The Balaban J connectivity index is 1.45. The maximum Gasteiger partial charge on any atom is 0.315 e. The SMILES string of the molecule is CC(C)C(NC(=O)NCc1ccccc1)C(=O)NCc1ccc(OC2CCCC2)nc1. The third-order valence-corrected chi connectivity index (χ3v) is 5.39. The zero-order valence-electron chi connectivity index (χ0n) is 18.3. The molecule has 7 heteroatoms. The highest BCUT2D eigenvalue weighted by molar-refractivity contribution is 5.87. The second-order valence-corrected chi connectivity index (χ2v) is 8.28. The fourth-order valence-electron chi connectivity index (χ4n) is 3.57. The number of rotatable bonds is 9. The molecule has 0 saturated heterocycles. The van der Waals surface area contributed by atoms with Gasteiger partial charge in [0.1, 0.15) is 12.1 Å². The molecule has 1 aromatic carbocycles.